The van der Waals surface area contributed by atoms with Gasteiger partial charge in [0.25, 0.3) is 0 Å². The van der Waals surface area contributed by atoms with Crippen LogP contribution >= 0.6 is 11.6 Å². The molecule has 0 aliphatic heterocycles. The molecule has 7 heteroatoms. The quantitative estimate of drug-likeness (QED) is 0.831. The van der Waals surface area contributed by atoms with Crippen molar-refractivity contribution in [1.29, 1.82) is 0 Å². The van der Waals surface area contributed by atoms with Crippen LogP contribution in [0.25, 0.3) is 11.4 Å². The summed E-state index contributed by atoms with van der Waals surface area (Å²) in [5.74, 6) is 0. The van der Waals surface area contributed by atoms with Crippen LogP contribution in [0.4, 0.5) is 13.2 Å². The predicted molar refractivity (Wildman–Crippen MR) is 55.4 cm³/mol. The first-order valence-corrected chi connectivity index (χ1v) is 4.96. The summed E-state index contributed by atoms with van der Waals surface area (Å²) in [5.41, 5.74) is 0.351. The minimum Gasteiger partial charge on any atom is -0.253 e. The van der Waals surface area contributed by atoms with Crippen molar-refractivity contribution in [1.82, 2.24) is 14.8 Å². The van der Waals surface area contributed by atoms with E-state index in [0.29, 0.717) is 0 Å². The molecule has 89 valence electrons. The van der Waals surface area contributed by atoms with Gasteiger partial charge in [0, 0.05) is 12.3 Å². The molecular formula is C10H6ClF3N3. The normalized spacial score (nSPS) is 11.8. The standard InChI is InChI=1S/C10H6ClF3N3/c11-7-2-1-4-15-9(7)8-3-5-16-17(8)6-10(12,13)14/h1-2,4-5H,6H2. The highest BCUT2D eigenvalue weighted by Gasteiger charge is 2.30. The third kappa shape index (κ3) is 2.76. The van der Waals surface area contributed by atoms with E-state index in [1.165, 1.54) is 6.20 Å². The second-order valence-corrected chi connectivity index (χ2v) is 3.65. The molecule has 0 saturated carbocycles. The number of hydrogen-bond acceptors (Lipinski definition) is 2. The van der Waals surface area contributed by atoms with E-state index in [1.54, 1.807) is 12.1 Å². The molecule has 2 aromatic rings. The summed E-state index contributed by atoms with van der Waals surface area (Å²) < 4.78 is 37.6. The maximum atomic E-state index is 12.3. The van der Waals surface area contributed by atoms with E-state index in [4.69, 9.17) is 11.6 Å². The molecule has 2 heterocycles. The zero-order valence-corrected chi connectivity index (χ0v) is 9.13. The van der Waals surface area contributed by atoms with E-state index in [0.717, 1.165) is 10.9 Å². The summed E-state index contributed by atoms with van der Waals surface area (Å²) in [4.78, 5) is 3.92. The molecule has 3 nitrogen and oxygen atoms in total. The Morgan fingerprint density at radius 2 is 2.18 bits per heavy atom. The summed E-state index contributed by atoms with van der Waals surface area (Å²) in [6.07, 6.45) is -1.75. The van der Waals surface area contributed by atoms with Crippen LogP contribution in [-0.2, 0) is 6.54 Å². The van der Waals surface area contributed by atoms with Crippen molar-refractivity contribution in [2.75, 3.05) is 0 Å². The lowest BCUT2D eigenvalue weighted by atomic mass is 10.2. The van der Waals surface area contributed by atoms with Gasteiger partial charge >= 0.3 is 6.18 Å². The van der Waals surface area contributed by atoms with Crippen LogP contribution in [-0.4, -0.2) is 20.9 Å². The molecular weight excluding hydrogens is 255 g/mol. The van der Waals surface area contributed by atoms with E-state index in [-0.39, 0.29) is 16.4 Å². The Hall–Kier alpha value is -1.56. The van der Waals surface area contributed by atoms with Crippen molar-refractivity contribution >= 4 is 11.6 Å². The molecule has 0 aliphatic carbocycles. The number of halogens is 4. The van der Waals surface area contributed by atoms with Crippen LogP contribution < -0.4 is 0 Å². The van der Waals surface area contributed by atoms with Crippen molar-refractivity contribution in [2.45, 2.75) is 12.7 Å². The van der Waals surface area contributed by atoms with E-state index >= 15 is 0 Å². The Morgan fingerprint density at radius 3 is 2.82 bits per heavy atom. The Labute approximate surface area is 99.8 Å². The molecule has 0 fully saturated rings. The first kappa shape index (κ1) is 11.9. The molecule has 0 bridgehead atoms. The Kier molecular flexibility index (Phi) is 3.06. The fourth-order valence-electron chi connectivity index (χ4n) is 1.33. The van der Waals surface area contributed by atoms with Crippen molar-refractivity contribution in [3.63, 3.8) is 0 Å². The monoisotopic (exact) mass is 260 g/mol. The number of rotatable bonds is 2. The Morgan fingerprint density at radius 1 is 1.41 bits per heavy atom. The molecule has 0 unspecified atom stereocenters. The maximum Gasteiger partial charge on any atom is 0.408 e. The van der Waals surface area contributed by atoms with Gasteiger partial charge in [0.15, 0.2) is 0 Å². The van der Waals surface area contributed by atoms with Gasteiger partial charge < -0.3 is 0 Å². The first-order valence-electron chi connectivity index (χ1n) is 4.58. The smallest absolute Gasteiger partial charge is 0.253 e. The van der Waals surface area contributed by atoms with Gasteiger partial charge in [-0.25, -0.2) is 0 Å². The molecule has 2 rings (SSSR count). The highest BCUT2D eigenvalue weighted by molar-refractivity contribution is 6.32. The lowest BCUT2D eigenvalue weighted by molar-refractivity contribution is -0.142. The maximum absolute atomic E-state index is 12.3. The molecule has 0 aromatic carbocycles. The van der Waals surface area contributed by atoms with Crippen LogP contribution in [0.1, 0.15) is 0 Å². The minimum absolute atomic E-state index is 0.118. The van der Waals surface area contributed by atoms with E-state index < -0.39 is 12.7 Å². The lowest BCUT2D eigenvalue weighted by Gasteiger charge is -2.10. The predicted octanol–water partition coefficient (Wildman–Crippen LogP) is 2.96. The molecule has 0 spiro atoms. The van der Waals surface area contributed by atoms with Gasteiger partial charge in [0.05, 0.1) is 16.9 Å². The second kappa shape index (κ2) is 4.37. The fraction of sp³-hybridized carbons (Fsp3) is 0.200. The van der Waals surface area contributed by atoms with Gasteiger partial charge in [-0.2, -0.15) is 18.3 Å². The average molecular weight is 261 g/mol. The number of alkyl halides is 3. The van der Waals surface area contributed by atoms with Crippen molar-refractivity contribution in [2.24, 2.45) is 0 Å². The van der Waals surface area contributed by atoms with Crippen LogP contribution in [0.5, 0.6) is 0 Å². The fourth-order valence-corrected chi connectivity index (χ4v) is 1.54. The number of aromatic nitrogens is 3. The molecule has 2 aromatic heterocycles. The van der Waals surface area contributed by atoms with Gasteiger partial charge in [-0.1, -0.05) is 11.6 Å². The molecule has 0 aliphatic rings. The number of hydrogen-bond donors (Lipinski definition) is 0. The molecule has 0 amide bonds. The van der Waals surface area contributed by atoms with Crippen LogP contribution in [0.15, 0.2) is 24.5 Å². The van der Waals surface area contributed by atoms with Gasteiger partial charge in [0.1, 0.15) is 12.2 Å². The number of pyridine rings is 1. The Balaban J connectivity index is 2.41. The largest absolute Gasteiger partial charge is 0.408 e. The second-order valence-electron chi connectivity index (χ2n) is 3.24. The molecule has 17 heavy (non-hydrogen) atoms. The van der Waals surface area contributed by atoms with Crippen molar-refractivity contribution in [3.8, 4) is 11.4 Å². The van der Waals surface area contributed by atoms with Crippen LogP contribution in [0.2, 0.25) is 5.02 Å². The zero-order valence-electron chi connectivity index (χ0n) is 8.37. The lowest BCUT2D eigenvalue weighted by Crippen LogP contribution is -2.19. The van der Waals surface area contributed by atoms with Gasteiger partial charge in [-0.15, -0.1) is 0 Å². The highest BCUT2D eigenvalue weighted by atomic mass is 35.5. The summed E-state index contributed by atoms with van der Waals surface area (Å²) >= 11 is 5.85. The Bertz CT molecular complexity index is 522. The third-order valence-corrected chi connectivity index (χ3v) is 2.27. The summed E-state index contributed by atoms with van der Waals surface area (Å²) in [6, 6.07) is 5.73. The highest BCUT2D eigenvalue weighted by Crippen LogP contribution is 2.26. The van der Waals surface area contributed by atoms with Crippen molar-refractivity contribution in [3.05, 3.63) is 35.6 Å². The third-order valence-electron chi connectivity index (χ3n) is 1.97. The molecule has 0 saturated heterocycles. The van der Waals surface area contributed by atoms with Gasteiger partial charge in [-0.3, -0.25) is 9.67 Å². The minimum atomic E-state index is -4.35. The molecule has 0 atom stereocenters. The SMILES string of the molecule is FC(F)(F)Cn1nc[c]c1-c1ncccc1Cl. The summed E-state index contributed by atoms with van der Waals surface area (Å²) in [7, 11) is 0. The topological polar surface area (TPSA) is 30.7 Å². The zero-order chi connectivity index (χ0) is 12.5. The first-order chi connectivity index (χ1) is 7.97. The van der Waals surface area contributed by atoms with E-state index in [1.807, 2.05) is 0 Å². The van der Waals surface area contributed by atoms with E-state index in [2.05, 4.69) is 16.1 Å². The molecule has 1 radical (unpaired) electrons. The van der Waals surface area contributed by atoms with E-state index in [9.17, 15) is 13.2 Å². The number of nitrogens with zero attached hydrogens (tertiary/aromatic N) is 3. The van der Waals surface area contributed by atoms with Crippen LogP contribution in [0, 0.1) is 6.07 Å². The van der Waals surface area contributed by atoms with Gasteiger partial charge in [-0.05, 0) is 12.1 Å². The van der Waals surface area contributed by atoms with Gasteiger partial charge in [0.2, 0.25) is 0 Å². The average Bonchev–Trinajstić information content (AvgIpc) is 2.64. The van der Waals surface area contributed by atoms with Crippen molar-refractivity contribution < 1.29 is 13.2 Å². The summed E-state index contributed by atoms with van der Waals surface area (Å²) in [5, 5.41) is 3.82. The molecule has 0 N–H and O–H groups in total. The summed E-state index contributed by atoms with van der Waals surface area (Å²) in [6.45, 7) is -1.20. The van der Waals surface area contributed by atoms with Crippen LogP contribution in [0.3, 0.4) is 0 Å².